The summed E-state index contributed by atoms with van der Waals surface area (Å²) in [5, 5.41) is 3.60. The Hall–Kier alpha value is -0.0400. The zero-order valence-electron chi connectivity index (χ0n) is 14.3. The molecule has 1 N–H and O–H groups in total. The molecule has 3 aliphatic rings. The van der Waals surface area contributed by atoms with Gasteiger partial charge in [-0.05, 0) is 87.6 Å². The zero-order chi connectivity index (χ0) is 14.5. The van der Waals surface area contributed by atoms with E-state index in [4.69, 9.17) is 0 Å². The maximum atomic E-state index is 3.60. The summed E-state index contributed by atoms with van der Waals surface area (Å²) in [7, 11) is 0. The number of rotatable bonds is 2. The fraction of sp³-hybridized carbons (Fsp3) is 1.00. The van der Waals surface area contributed by atoms with Crippen LogP contribution in [0.25, 0.3) is 0 Å². The predicted octanol–water partition coefficient (Wildman–Crippen LogP) is 5.40. The molecule has 0 aromatic rings. The second-order valence-electron chi connectivity index (χ2n) is 8.51. The lowest BCUT2D eigenvalue weighted by Crippen LogP contribution is -2.19. The second kappa shape index (κ2) is 7.99. The van der Waals surface area contributed by atoms with E-state index in [0.717, 1.165) is 29.6 Å². The van der Waals surface area contributed by atoms with E-state index in [1.807, 2.05) is 0 Å². The van der Waals surface area contributed by atoms with E-state index in [1.54, 1.807) is 32.1 Å². The van der Waals surface area contributed by atoms with Crippen LogP contribution in [0.3, 0.4) is 0 Å². The van der Waals surface area contributed by atoms with Crippen LogP contribution >= 0.6 is 0 Å². The summed E-state index contributed by atoms with van der Waals surface area (Å²) < 4.78 is 0. The van der Waals surface area contributed by atoms with Gasteiger partial charge in [0.05, 0.1) is 0 Å². The zero-order valence-corrected chi connectivity index (χ0v) is 14.3. The van der Waals surface area contributed by atoms with Crippen molar-refractivity contribution in [2.24, 2.45) is 29.6 Å². The van der Waals surface area contributed by atoms with Crippen LogP contribution in [0.4, 0.5) is 0 Å². The summed E-state index contributed by atoms with van der Waals surface area (Å²) in [5.41, 5.74) is 0. The first-order valence-electron chi connectivity index (χ1n) is 10.0. The van der Waals surface area contributed by atoms with Gasteiger partial charge in [0.1, 0.15) is 0 Å². The molecule has 0 radical (unpaired) electrons. The molecule has 1 aliphatic heterocycles. The van der Waals surface area contributed by atoms with Crippen LogP contribution in [0.2, 0.25) is 0 Å². The number of hydrogen-bond acceptors (Lipinski definition) is 1. The molecule has 0 aromatic carbocycles. The average Bonchev–Trinajstić information content (AvgIpc) is 2.88. The van der Waals surface area contributed by atoms with Crippen molar-refractivity contribution >= 4 is 0 Å². The maximum Gasteiger partial charge on any atom is -0.00462 e. The molecule has 122 valence electrons. The van der Waals surface area contributed by atoms with Crippen molar-refractivity contribution in [2.45, 2.75) is 84.0 Å². The van der Waals surface area contributed by atoms with Gasteiger partial charge in [0, 0.05) is 0 Å². The summed E-state index contributed by atoms with van der Waals surface area (Å²) in [6.45, 7) is 5.11. The fourth-order valence-electron chi connectivity index (χ4n) is 5.77. The first-order valence-corrected chi connectivity index (χ1v) is 10.0. The highest BCUT2D eigenvalue weighted by molar-refractivity contribution is 4.84. The van der Waals surface area contributed by atoms with Gasteiger partial charge in [0.25, 0.3) is 0 Å². The lowest BCUT2D eigenvalue weighted by atomic mass is 9.75. The fourth-order valence-corrected chi connectivity index (χ4v) is 5.77. The third kappa shape index (κ3) is 4.47. The van der Waals surface area contributed by atoms with E-state index in [0.29, 0.717) is 0 Å². The highest BCUT2D eigenvalue weighted by Gasteiger charge is 2.32. The molecule has 21 heavy (non-hydrogen) atoms. The Balaban J connectivity index is 1.56. The Kier molecular flexibility index (Phi) is 6.03. The lowest BCUT2D eigenvalue weighted by molar-refractivity contribution is 0.211. The Morgan fingerprint density at radius 3 is 1.90 bits per heavy atom. The molecular formula is C20H37N. The molecule has 2 saturated carbocycles. The summed E-state index contributed by atoms with van der Waals surface area (Å²) in [4.78, 5) is 0. The third-order valence-electron chi connectivity index (χ3n) is 6.92. The van der Waals surface area contributed by atoms with Gasteiger partial charge in [-0.1, -0.05) is 39.0 Å². The first-order chi connectivity index (χ1) is 10.3. The second-order valence-corrected chi connectivity index (χ2v) is 8.51. The van der Waals surface area contributed by atoms with Crippen LogP contribution in [0.1, 0.15) is 84.0 Å². The monoisotopic (exact) mass is 291 g/mol. The summed E-state index contributed by atoms with van der Waals surface area (Å²) >= 11 is 0. The van der Waals surface area contributed by atoms with E-state index in [-0.39, 0.29) is 0 Å². The Morgan fingerprint density at radius 2 is 1.19 bits per heavy atom. The van der Waals surface area contributed by atoms with Crippen LogP contribution in [-0.2, 0) is 0 Å². The molecule has 1 heterocycles. The molecule has 2 aliphatic carbocycles. The SMILES string of the molecule is CC1CC(C2CCCCC2)CCC(C2CCCNCC2)C1. The quantitative estimate of drug-likeness (QED) is 0.672. The van der Waals surface area contributed by atoms with Crippen molar-refractivity contribution in [3.8, 4) is 0 Å². The van der Waals surface area contributed by atoms with Gasteiger partial charge in [0.15, 0.2) is 0 Å². The van der Waals surface area contributed by atoms with Gasteiger partial charge in [-0.2, -0.15) is 0 Å². The number of nitrogens with one attached hydrogen (secondary N) is 1. The van der Waals surface area contributed by atoms with E-state index >= 15 is 0 Å². The smallest absolute Gasteiger partial charge is 0.00462 e. The van der Waals surface area contributed by atoms with Gasteiger partial charge in [-0.3, -0.25) is 0 Å². The molecule has 1 saturated heterocycles. The van der Waals surface area contributed by atoms with Crippen molar-refractivity contribution in [3.63, 3.8) is 0 Å². The average molecular weight is 292 g/mol. The summed E-state index contributed by atoms with van der Waals surface area (Å²) in [5.74, 6) is 5.24. The van der Waals surface area contributed by atoms with Crippen LogP contribution in [0, 0.1) is 29.6 Å². The molecular weight excluding hydrogens is 254 g/mol. The van der Waals surface area contributed by atoms with Crippen LogP contribution in [0.5, 0.6) is 0 Å². The molecule has 0 aromatic heterocycles. The minimum Gasteiger partial charge on any atom is -0.317 e. The molecule has 4 unspecified atom stereocenters. The van der Waals surface area contributed by atoms with E-state index < -0.39 is 0 Å². The van der Waals surface area contributed by atoms with E-state index in [1.165, 1.54) is 58.0 Å². The maximum absolute atomic E-state index is 3.60. The van der Waals surface area contributed by atoms with Gasteiger partial charge >= 0.3 is 0 Å². The van der Waals surface area contributed by atoms with Crippen LogP contribution in [-0.4, -0.2) is 13.1 Å². The Morgan fingerprint density at radius 1 is 0.571 bits per heavy atom. The summed E-state index contributed by atoms with van der Waals surface area (Å²) in [6.07, 6.45) is 18.2. The molecule has 0 bridgehead atoms. The predicted molar refractivity (Wildman–Crippen MR) is 91.4 cm³/mol. The van der Waals surface area contributed by atoms with Crippen molar-refractivity contribution < 1.29 is 0 Å². The van der Waals surface area contributed by atoms with Gasteiger partial charge in [-0.15, -0.1) is 0 Å². The van der Waals surface area contributed by atoms with Crippen molar-refractivity contribution in [3.05, 3.63) is 0 Å². The highest BCUT2D eigenvalue weighted by atomic mass is 14.8. The molecule has 1 heteroatoms. The normalized spacial score (nSPS) is 40.4. The molecule has 3 rings (SSSR count). The Bertz CT molecular complexity index is 286. The van der Waals surface area contributed by atoms with E-state index in [2.05, 4.69) is 12.2 Å². The minimum atomic E-state index is 0.987. The van der Waals surface area contributed by atoms with Gasteiger partial charge < -0.3 is 5.32 Å². The third-order valence-corrected chi connectivity index (χ3v) is 6.92. The van der Waals surface area contributed by atoms with Crippen LogP contribution in [0.15, 0.2) is 0 Å². The largest absolute Gasteiger partial charge is 0.317 e. The van der Waals surface area contributed by atoms with Gasteiger partial charge in [0.2, 0.25) is 0 Å². The molecule has 4 atom stereocenters. The van der Waals surface area contributed by atoms with Crippen LogP contribution < -0.4 is 5.32 Å². The van der Waals surface area contributed by atoms with Crippen molar-refractivity contribution in [1.29, 1.82) is 0 Å². The number of hydrogen-bond donors (Lipinski definition) is 1. The van der Waals surface area contributed by atoms with Gasteiger partial charge in [-0.25, -0.2) is 0 Å². The van der Waals surface area contributed by atoms with E-state index in [9.17, 15) is 0 Å². The van der Waals surface area contributed by atoms with Crippen molar-refractivity contribution in [1.82, 2.24) is 5.32 Å². The minimum absolute atomic E-state index is 0.987. The molecule has 0 amide bonds. The topological polar surface area (TPSA) is 12.0 Å². The first kappa shape index (κ1) is 15.8. The molecule has 3 fully saturated rings. The molecule has 1 nitrogen and oxygen atoms in total. The highest BCUT2D eigenvalue weighted by Crippen LogP contribution is 2.43. The Labute approximate surface area is 132 Å². The molecule has 0 spiro atoms. The summed E-state index contributed by atoms with van der Waals surface area (Å²) in [6, 6.07) is 0. The lowest BCUT2D eigenvalue weighted by Gasteiger charge is -2.30. The van der Waals surface area contributed by atoms with Crippen molar-refractivity contribution in [2.75, 3.05) is 13.1 Å². The standard InChI is InChI=1S/C20H37N/c1-16-14-19(17-6-3-2-4-7-17)9-10-20(15-16)18-8-5-12-21-13-11-18/h16-21H,2-15H2,1H3.